The van der Waals surface area contributed by atoms with Gasteiger partial charge in [0.2, 0.25) is 0 Å². The Hall–Kier alpha value is -1.63. The van der Waals surface area contributed by atoms with E-state index in [-0.39, 0.29) is 11.3 Å². The maximum Gasteiger partial charge on any atom is 0.158 e. The van der Waals surface area contributed by atoms with Crippen molar-refractivity contribution in [3.05, 3.63) is 17.5 Å². The summed E-state index contributed by atoms with van der Waals surface area (Å²) in [4.78, 5) is 13.9. The van der Waals surface area contributed by atoms with Gasteiger partial charge < -0.3 is 0 Å². The molecule has 10 atom stereocenters. The van der Waals surface area contributed by atoms with Crippen LogP contribution in [-0.2, 0) is 11.3 Å². The third kappa shape index (κ3) is 2.65. The minimum atomic E-state index is 0.161. The van der Waals surface area contributed by atoms with Crippen LogP contribution in [0.2, 0.25) is 0 Å². The number of ketones is 1. The van der Waals surface area contributed by atoms with Crippen LogP contribution in [0, 0.1) is 69.5 Å². The second-order valence-corrected chi connectivity index (χ2v) is 13.8. The van der Waals surface area contributed by atoms with Crippen LogP contribution in [0.5, 0.6) is 0 Å². The largest absolute Gasteiger partial charge is 0.297 e. The lowest BCUT2D eigenvalue weighted by Crippen LogP contribution is -2.59. The van der Waals surface area contributed by atoms with Crippen LogP contribution >= 0.6 is 0 Å². The van der Waals surface area contributed by atoms with Crippen LogP contribution in [0.4, 0.5) is 0 Å². The zero-order chi connectivity index (χ0) is 23.4. The molecular weight excluding hydrogens is 418 g/mol. The highest BCUT2D eigenvalue weighted by molar-refractivity contribution is 5.83. The predicted octanol–water partition coefficient (Wildman–Crippen LogP) is 6.35. The first-order chi connectivity index (χ1) is 16.4. The molecule has 7 fully saturated rings. The Balaban J connectivity index is 1.15. The lowest BCUT2D eigenvalue weighted by Gasteiger charge is -2.65. The fourth-order valence-electron chi connectivity index (χ4n) is 11.2. The molecule has 1 unspecified atom stereocenters. The molecule has 0 radical (unpaired) electrons. The van der Waals surface area contributed by atoms with Crippen LogP contribution in [-0.4, -0.2) is 15.6 Å². The molecule has 1 aromatic heterocycles. The van der Waals surface area contributed by atoms with E-state index in [1.807, 2.05) is 10.9 Å². The first-order valence-corrected chi connectivity index (χ1v) is 14.4. The van der Waals surface area contributed by atoms with Gasteiger partial charge in [0.15, 0.2) is 5.78 Å². The van der Waals surface area contributed by atoms with E-state index in [9.17, 15) is 10.1 Å². The molecular formula is C30H41N3O. The Morgan fingerprint density at radius 2 is 1.94 bits per heavy atom. The number of fused-ring (bicyclic) bond motifs is 3. The average molecular weight is 460 g/mol. The van der Waals surface area contributed by atoms with Crippen molar-refractivity contribution in [2.45, 2.75) is 97.4 Å². The molecule has 4 heteroatoms. The smallest absolute Gasteiger partial charge is 0.158 e. The summed E-state index contributed by atoms with van der Waals surface area (Å²) in [6.45, 7) is 7.85. The number of carbonyl (C=O) groups is 1. The fraction of sp³-hybridized carbons (Fsp3) is 0.833. The first kappa shape index (κ1) is 21.6. The minimum absolute atomic E-state index is 0.161. The summed E-state index contributed by atoms with van der Waals surface area (Å²) >= 11 is 0. The second kappa shape index (κ2) is 7.21. The van der Waals surface area contributed by atoms with E-state index in [1.54, 1.807) is 0 Å². The predicted molar refractivity (Wildman–Crippen MR) is 131 cm³/mol. The number of aromatic nitrogens is 2. The summed E-state index contributed by atoms with van der Waals surface area (Å²) in [7, 11) is 0. The van der Waals surface area contributed by atoms with Gasteiger partial charge in [-0.1, -0.05) is 27.2 Å². The van der Waals surface area contributed by atoms with Crippen LogP contribution in [0.3, 0.4) is 0 Å². The third-order valence-electron chi connectivity index (χ3n) is 12.6. The van der Waals surface area contributed by atoms with Gasteiger partial charge in [0, 0.05) is 18.0 Å². The van der Waals surface area contributed by atoms with Crippen molar-refractivity contribution >= 4 is 5.78 Å². The van der Waals surface area contributed by atoms with Gasteiger partial charge in [-0.05, 0) is 110 Å². The van der Waals surface area contributed by atoms with Crippen molar-refractivity contribution in [3.63, 3.8) is 0 Å². The summed E-state index contributed by atoms with van der Waals surface area (Å²) in [5.41, 5.74) is 2.17. The van der Waals surface area contributed by atoms with E-state index in [1.165, 1.54) is 51.4 Å². The SMILES string of the molecule is C[C@H]1CC[C@H]2[C@H](CC[C@@H]3[C@@H]2CC[C@]2(C)[C@@H](C(=O)Cn4cc(C#N)c(C5CC5)n4)[C@@H]4CC32[C@@H]4C)C1. The van der Waals surface area contributed by atoms with Crippen molar-refractivity contribution in [2.24, 2.45) is 58.2 Å². The first-order valence-electron chi connectivity index (χ1n) is 14.4. The van der Waals surface area contributed by atoms with Crippen LogP contribution < -0.4 is 0 Å². The normalized spacial score (nSPS) is 48.8. The molecule has 7 aliphatic carbocycles. The van der Waals surface area contributed by atoms with Gasteiger partial charge in [-0.3, -0.25) is 9.48 Å². The van der Waals surface area contributed by atoms with Crippen molar-refractivity contribution in [1.29, 1.82) is 5.26 Å². The maximum absolute atomic E-state index is 13.9. The standard InChI is InChI=1S/C30H41N3O/c1-17-4-8-22-20(12-17)7-9-25-23(22)10-11-29(3)27(24-13-30(25,29)18(24)2)26(34)16-33-15-21(14-31)28(32-33)19-5-6-19/h15,17-20,22-25,27H,4-13,16H2,1-3H3/t17-,18+,20+,22-,23+,24+,25+,27+,29+,30?/m0/s1. The van der Waals surface area contributed by atoms with E-state index in [0.717, 1.165) is 48.1 Å². The molecule has 4 nitrogen and oxygen atoms in total. The van der Waals surface area contributed by atoms with E-state index >= 15 is 0 Å². The van der Waals surface area contributed by atoms with Crippen LogP contribution in [0.25, 0.3) is 0 Å². The lowest BCUT2D eigenvalue weighted by atomic mass is 9.39. The molecule has 8 rings (SSSR count). The van der Waals surface area contributed by atoms with Crippen molar-refractivity contribution in [3.8, 4) is 6.07 Å². The fourth-order valence-corrected chi connectivity index (χ4v) is 11.2. The monoisotopic (exact) mass is 459 g/mol. The number of hydrogen-bond donors (Lipinski definition) is 0. The molecule has 0 aliphatic heterocycles. The Morgan fingerprint density at radius 1 is 1.12 bits per heavy atom. The van der Waals surface area contributed by atoms with Gasteiger partial charge in [0.25, 0.3) is 0 Å². The van der Waals surface area contributed by atoms with Gasteiger partial charge in [-0.2, -0.15) is 10.4 Å². The Labute approximate surface area is 204 Å². The Morgan fingerprint density at radius 3 is 2.68 bits per heavy atom. The molecule has 1 aromatic rings. The van der Waals surface area contributed by atoms with Gasteiger partial charge in [0.05, 0.1) is 17.8 Å². The molecule has 0 N–H and O–H groups in total. The molecule has 0 saturated heterocycles. The molecule has 2 bridgehead atoms. The quantitative estimate of drug-likeness (QED) is 0.527. The average Bonchev–Trinajstić information content (AvgIpc) is 3.47. The molecule has 7 saturated carbocycles. The third-order valence-corrected chi connectivity index (χ3v) is 12.6. The van der Waals surface area contributed by atoms with Crippen molar-refractivity contribution in [2.75, 3.05) is 0 Å². The van der Waals surface area contributed by atoms with Gasteiger partial charge in [-0.25, -0.2) is 0 Å². The summed E-state index contributed by atoms with van der Waals surface area (Å²) in [5.74, 6) is 6.91. The Kier molecular flexibility index (Phi) is 4.59. The molecule has 7 aliphatic rings. The van der Waals surface area contributed by atoms with Crippen LogP contribution in [0.1, 0.15) is 102 Å². The number of nitrogens with zero attached hydrogens (tertiary/aromatic N) is 3. The minimum Gasteiger partial charge on any atom is -0.297 e. The van der Waals surface area contributed by atoms with Gasteiger partial charge in [0.1, 0.15) is 6.07 Å². The maximum atomic E-state index is 13.9. The number of carbonyl (C=O) groups excluding carboxylic acids is 1. The topological polar surface area (TPSA) is 58.7 Å². The number of rotatable bonds is 4. The highest BCUT2D eigenvalue weighted by Crippen LogP contribution is 2.83. The number of hydrogen-bond acceptors (Lipinski definition) is 3. The summed E-state index contributed by atoms with van der Waals surface area (Å²) in [6.07, 6.45) is 15.2. The highest BCUT2D eigenvalue weighted by Gasteiger charge is 2.78. The molecule has 34 heavy (non-hydrogen) atoms. The van der Waals surface area contributed by atoms with E-state index in [0.29, 0.717) is 41.1 Å². The van der Waals surface area contributed by atoms with E-state index < -0.39 is 0 Å². The highest BCUT2D eigenvalue weighted by atomic mass is 16.1. The Bertz CT molecular complexity index is 1060. The molecule has 1 spiro atoms. The molecule has 0 amide bonds. The molecule has 182 valence electrons. The van der Waals surface area contributed by atoms with Crippen molar-refractivity contribution < 1.29 is 4.79 Å². The molecule has 1 heterocycles. The number of nitriles is 1. The summed E-state index contributed by atoms with van der Waals surface area (Å²) in [5, 5.41) is 14.3. The zero-order valence-corrected chi connectivity index (χ0v) is 21.3. The summed E-state index contributed by atoms with van der Waals surface area (Å²) in [6, 6.07) is 2.32. The lowest BCUT2D eigenvalue weighted by molar-refractivity contribution is -0.170. The zero-order valence-electron chi connectivity index (χ0n) is 21.3. The summed E-state index contributed by atoms with van der Waals surface area (Å²) < 4.78 is 1.81. The van der Waals surface area contributed by atoms with E-state index in [2.05, 4.69) is 26.8 Å². The van der Waals surface area contributed by atoms with Crippen molar-refractivity contribution in [1.82, 2.24) is 9.78 Å². The van der Waals surface area contributed by atoms with E-state index in [4.69, 9.17) is 5.10 Å². The van der Waals surface area contributed by atoms with Gasteiger partial charge in [-0.15, -0.1) is 0 Å². The van der Waals surface area contributed by atoms with Gasteiger partial charge >= 0.3 is 0 Å². The van der Waals surface area contributed by atoms with Crippen LogP contribution in [0.15, 0.2) is 6.20 Å². The number of Topliss-reactive ketones (excluding diaryl/α,β-unsaturated/α-hetero) is 1. The molecule has 0 aromatic carbocycles. The second-order valence-electron chi connectivity index (χ2n) is 13.8.